The van der Waals surface area contributed by atoms with Gasteiger partial charge in [0.05, 0.1) is 13.2 Å². The van der Waals surface area contributed by atoms with Crippen molar-refractivity contribution < 1.29 is 10.2 Å². The van der Waals surface area contributed by atoms with Gasteiger partial charge in [-0.1, -0.05) is 11.8 Å². The quantitative estimate of drug-likeness (QED) is 0.570. The molecule has 12 heavy (non-hydrogen) atoms. The Labute approximate surface area is 74.0 Å². The van der Waals surface area contributed by atoms with Crippen molar-refractivity contribution in [3.05, 3.63) is 0 Å². The lowest BCUT2D eigenvalue weighted by Gasteiger charge is -2.22. The molecule has 0 aliphatic rings. The van der Waals surface area contributed by atoms with E-state index in [1.165, 1.54) is 0 Å². The van der Waals surface area contributed by atoms with Crippen LogP contribution < -0.4 is 0 Å². The van der Waals surface area contributed by atoms with E-state index in [9.17, 15) is 0 Å². The van der Waals surface area contributed by atoms with Gasteiger partial charge < -0.3 is 10.2 Å². The molecular formula is C9H17NO2. The Kier molecular flexibility index (Phi) is 6.78. The highest BCUT2D eigenvalue weighted by Crippen LogP contribution is 1.94. The predicted octanol–water partition coefficient (Wildman–Crippen LogP) is -0.315. The SMILES string of the molecule is CC(C)N(CC#CCO)CCO. The molecule has 0 aromatic carbocycles. The first kappa shape index (κ1) is 11.4. The number of hydrogen-bond acceptors (Lipinski definition) is 3. The lowest BCUT2D eigenvalue weighted by Crippen LogP contribution is -2.33. The highest BCUT2D eigenvalue weighted by molar-refractivity contribution is 5.01. The van der Waals surface area contributed by atoms with Gasteiger partial charge in [-0.3, -0.25) is 4.90 Å². The molecule has 0 unspecified atom stereocenters. The van der Waals surface area contributed by atoms with Crippen molar-refractivity contribution in [3.63, 3.8) is 0 Å². The molecule has 0 atom stereocenters. The normalized spacial score (nSPS) is 10.2. The predicted molar refractivity (Wildman–Crippen MR) is 48.7 cm³/mol. The smallest absolute Gasteiger partial charge is 0.104 e. The molecule has 3 heteroatoms. The van der Waals surface area contributed by atoms with Gasteiger partial charge >= 0.3 is 0 Å². The third-order valence-corrected chi connectivity index (χ3v) is 1.60. The van der Waals surface area contributed by atoms with Crippen molar-refractivity contribution in [2.75, 3.05) is 26.3 Å². The summed E-state index contributed by atoms with van der Waals surface area (Å²) in [6, 6.07) is 0.380. The second-order valence-corrected chi connectivity index (χ2v) is 2.80. The maximum absolute atomic E-state index is 8.70. The molecule has 0 spiro atoms. The van der Waals surface area contributed by atoms with Crippen LogP contribution in [0, 0.1) is 11.8 Å². The molecule has 0 amide bonds. The lowest BCUT2D eigenvalue weighted by molar-refractivity contribution is 0.182. The molecule has 0 saturated heterocycles. The Bertz CT molecular complexity index is 158. The van der Waals surface area contributed by atoms with Gasteiger partial charge in [0, 0.05) is 12.6 Å². The maximum atomic E-state index is 8.70. The van der Waals surface area contributed by atoms with Crippen LogP contribution in [-0.2, 0) is 0 Å². The molecule has 0 radical (unpaired) electrons. The standard InChI is InChI=1S/C9H17NO2/c1-9(2)10(6-8-12)5-3-4-7-11/h9,11-12H,5-8H2,1-2H3. The van der Waals surface area contributed by atoms with E-state index in [-0.39, 0.29) is 13.2 Å². The second kappa shape index (κ2) is 7.11. The summed E-state index contributed by atoms with van der Waals surface area (Å²) in [5.74, 6) is 5.39. The molecule has 70 valence electrons. The van der Waals surface area contributed by atoms with Crippen LogP contribution >= 0.6 is 0 Å². The minimum atomic E-state index is -0.0922. The van der Waals surface area contributed by atoms with Crippen LogP contribution in [0.2, 0.25) is 0 Å². The summed E-state index contributed by atoms with van der Waals surface area (Å²) >= 11 is 0. The number of rotatable bonds is 4. The minimum Gasteiger partial charge on any atom is -0.395 e. The first-order valence-electron chi connectivity index (χ1n) is 4.13. The zero-order chi connectivity index (χ0) is 9.40. The largest absolute Gasteiger partial charge is 0.395 e. The molecule has 0 aromatic heterocycles. The summed E-state index contributed by atoms with van der Waals surface area (Å²) in [7, 11) is 0. The van der Waals surface area contributed by atoms with Crippen LogP contribution in [-0.4, -0.2) is 47.5 Å². The van der Waals surface area contributed by atoms with E-state index < -0.39 is 0 Å². The van der Waals surface area contributed by atoms with Crippen LogP contribution in [0.1, 0.15) is 13.8 Å². The first-order valence-corrected chi connectivity index (χ1v) is 4.13. The first-order chi connectivity index (χ1) is 5.72. The number of hydrogen-bond donors (Lipinski definition) is 2. The van der Waals surface area contributed by atoms with E-state index in [2.05, 4.69) is 25.7 Å². The summed E-state index contributed by atoms with van der Waals surface area (Å²) in [6.07, 6.45) is 0. The summed E-state index contributed by atoms with van der Waals surface area (Å²) < 4.78 is 0. The zero-order valence-corrected chi connectivity index (χ0v) is 7.75. The van der Waals surface area contributed by atoms with Gasteiger partial charge in [-0.15, -0.1) is 0 Å². The maximum Gasteiger partial charge on any atom is 0.104 e. The minimum absolute atomic E-state index is 0.0922. The molecule has 0 saturated carbocycles. The summed E-state index contributed by atoms with van der Waals surface area (Å²) in [5, 5.41) is 17.1. The number of nitrogens with zero attached hydrogens (tertiary/aromatic N) is 1. The van der Waals surface area contributed by atoms with Crippen molar-refractivity contribution >= 4 is 0 Å². The van der Waals surface area contributed by atoms with Gasteiger partial charge in [0.1, 0.15) is 6.61 Å². The number of aliphatic hydroxyl groups excluding tert-OH is 2. The van der Waals surface area contributed by atoms with Gasteiger partial charge in [0.25, 0.3) is 0 Å². The third-order valence-electron chi connectivity index (χ3n) is 1.60. The summed E-state index contributed by atoms with van der Waals surface area (Å²) in [5.41, 5.74) is 0. The topological polar surface area (TPSA) is 43.7 Å². The van der Waals surface area contributed by atoms with Crippen molar-refractivity contribution in [3.8, 4) is 11.8 Å². The Hall–Kier alpha value is -0.560. The van der Waals surface area contributed by atoms with E-state index >= 15 is 0 Å². The molecule has 0 bridgehead atoms. The lowest BCUT2D eigenvalue weighted by atomic mass is 10.3. The van der Waals surface area contributed by atoms with Crippen LogP contribution in [0.15, 0.2) is 0 Å². The van der Waals surface area contributed by atoms with Crippen molar-refractivity contribution in [2.24, 2.45) is 0 Å². The van der Waals surface area contributed by atoms with Gasteiger partial charge in [0.2, 0.25) is 0 Å². The van der Waals surface area contributed by atoms with Gasteiger partial charge in [-0.2, -0.15) is 0 Å². The Morgan fingerprint density at radius 2 is 1.92 bits per heavy atom. The van der Waals surface area contributed by atoms with Crippen molar-refractivity contribution in [2.45, 2.75) is 19.9 Å². The molecule has 2 N–H and O–H groups in total. The van der Waals surface area contributed by atoms with Crippen LogP contribution in [0.4, 0.5) is 0 Å². The monoisotopic (exact) mass is 171 g/mol. The highest BCUT2D eigenvalue weighted by Gasteiger charge is 2.05. The molecule has 0 aliphatic heterocycles. The van der Waals surface area contributed by atoms with Crippen LogP contribution in [0.3, 0.4) is 0 Å². The second-order valence-electron chi connectivity index (χ2n) is 2.80. The molecular weight excluding hydrogens is 154 g/mol. The fourth-order valence-corrected chi connectivity index (χ4v) is 0.862. The average Bonchev–Trinajstić information content (AvgIpc) is 2.03. The number of aliphatic hydroxyl groups is 2. The Balaban J connectivity index is 3.78. The van der Waals surface area contributed by atoms with E-state index in [1.54, 1.807) is 0 Å². The fourth-order valence-electron chi connectivity index (χ4n) is 0.862. The Morgan fingerprint density at radius 1 is 1.25 bits per heavy atom. The summed E-state index contributed by atoms with van der Waals surface area (Å²) in [6.45, 7) is 5.41. The van der Waals surface area contributed by atoms with E-state index in [0.717, 1.165) is 0 Å². The van der Waals surface area contributed by atoms with E-state index in [1.807, 2.05) is 4.90 Å². The van der Waals surface area contributed by atoms with Gasteiger partial charge in [0.15, 0.2) is 0 Å². The Morgan fingerprint density at radius 3 is 2.33 bits per heavy atom. The summed E-state index contributed by atoms with van der Waals surface area (Å²) in [4.78, 5) is 2.04. The van der Waals surface area contributed by atoms with Gasteiger partial charge in [-0.25, -0.2) is 0 Å². The van der Waals surface area contributed by atoms with Crippen molar-refractivity contribution in [1.29, 1.82) is 0 Å². The highest BCUT2D eigenvalue weighted by atomic mass is 16.3. The third kappa shape index (κ3) is 5.14. The molecule has 0 rings (SSSR count). The molecule has 0 heterocycles. The fraction of sp³-hybridized carbons (Fsp3) is 0.778. The van der Waals surface area contributed by atoms with Gasteiger partial charge in [-0.05, 0) is 13.8 Å². The molecule has 0 aliphatic carbocycles. The van der Waals surface area contributed by atoms with E-state index in [4.69, 9.17) is 10.2 Å². The van der Waals surface area contributed by atoms with Crippen LogP contribution in [0.5, 0.6) is 0 Å². The molecule has 0 fully saturated rings. The average molecular weight is 171 g/mol. The molecule has 0 aromatic rings. The zero-order valence-electron chi connectivity index (χ0n) is 7.75. The van der Waals surface area contributed by atoms with Crippen LogP contribution in [0.25, 0.3) is 0 Å². The van der Waals surface area contributed by atoms with Crippen molar-refractivity contribution in [1.82, 2.24) is 4.90 Å². The molecule has 3 nitrogen and oxygen atoms in total. The van der Waals surface area contributed by atoms with E-state index in [0.29, 0.717) is 19.1 Å².